The molecule has 0 amide bonds. The van der Waals surface area contributed by atoms with Gasteiger partial charge in [-0.1, -0.05) is 267 Å². The topological polar surface area (TPSA) is 78.9 Å². The molecular formula is C61H106O6. The van der Waals surface area contributed by atoms with Crippen molar-refractivity contribution in [1.82, 2.24) is 0 Å². The zero-order valence-electron chi connectivity index (χ0n) is 44.2. The number of hydrogen-bond acceptors (Lipinski definition) is 6. The van der Waals surface area contributed by atoms with Crippen molar-refractivity contribution >= 4 is 17.9 Å². The van der Waals surface area contributed by atoms with Gasteiger partial charge in [0, 0.05) is 19.3 Å². The van der Waals surface area contributed by atoms with E-state index in [4.69, 9.17) is 14.2 Å². The van der Waals surface area contributed by atoms with Crippen molar-refractivity contribution in [3.63, 3.8) is 0 Å². The lowest BCUT2D eigenvalue weighted by molar-refractivity contribution is -0.167. The summed E-state index contributed by atoms with van der Waals surface area (Å²) in [6, 6.07) is 0. The maximum absolute atomic E-state index is 12.9. The van der Waals surface area contributed by atoms with Crippen LogP contribution in [-0.2, 0) is 28.6 Å². The van der Waals surface area contributed by atoms with E-state index in [1.54, 1.807) is 0 Å². The third-order valence-corrected chi connectivity index (χ3v) is 12.3. The fourth-order valence-electron chi connectivity index (χ4n) is 8.03. The van der Waals surface area contributed by atoms with E-state index in [0.717, 1.165) is 89.9 Å². The van der Waals surface area contributed by atoms with Crippen LogP contribution in [0.4, 0.5) is 0 Å². The molecule has 0 spiro atoms. The van der Waals surface area contributed by atoms with Crippen molar-refractivity contribution in [2.75, 3.05) is 13.2 Å². The van der Waals surface area contributed by atoms with E-state index in [1.807, 2.05) is 0 Å². The minimum atomic E-state index is -0.788. The van der Waals surface area contributed by atoms with E-state index in [9.17, 15) is 14.4 Å². The summed E-state index contributed by atoms with van der Waals surface area (Å²) in [6.45, 7) is 6.49. The Bertz CT molecular complexity index is 1260. The van der Waals surface area contributed by atoms with Gasteiger partial charge in [-0.05, 0) is 64.2 Å². The SMILES string of the molecule is CC\C=C/C=C\C=C/CCCCCCCCCC(=O)OCC(COC(=O)CCCCCCC\C=C/C=C\C=C/CCCCCCC)OC(=O)CCCCCCCCCCCCCCCCCC. The lowest BCUT2D eigenvalue weighted by Gasteiger charge is -2.18. The van der Waals surface area contributed by atoms with Gasteiger partial charge in [-0.25, -0.2) is 0 Å². The lowest BCUT2D eigenvalue weighted by Crippen LogP contribution is -2.30. The van der Waals surface area contributed by atoms with E-state index in [1.165, 1.54) is 148 Å². The first-order valence-corrected chi connectivity index (χ1v) is 28.5. The van der Waals surface area contributed by atoms with Gasteiger partial charge >= 0.3 is 17.9 Å². The van der Waals surface area contributed by atoms with Crippen molar-refractivity contribution < 1.29 is 28.6 Å². The number of ether oxygens (including phenoxy) is 3. The Morgan fingerprint density at radius 2 is 0.582 bits per heavy atom. The van der Waals surface area contributed by atoms with Crippen molar-refractivity contribution in [1.29, 1.82) is 0 Å². The molecule has 1 unspecified atom stereocenters. The van der Waals surface area contributed by atoms with Crippen LogP contribution in [0.15, 0.2) is 72.9 Å². The molecule has 386 valence electrons. The Kier molecular flexibility index (Phi) is 52.8. The summed E-state index contributed by atoms with van der Waals surface area (Å²) < 4.78 is 16.8. The molecule has 0 aromatic rings. The average Bonchev–Trinajstić information content (AvgIpc) is 3.33. The molecule has 0 saturated heterocycles. The molecule has 0 saturated carbocycles. The molecule has 0 aromatic heterocycles. The molecule has 0 aliphatic rings. The fraction of sp³-hybridized carbons (Fsp3) is 0.754. The Morgan fingerprint density at radius 3 is 0.896 bits per heavy atom. The molecule has 6 nitrogen and oxygen atoms in total. The minimum Gasteiger partial charge on any atom is -0.462 e. The van der Waals surface area contributed by atoms with E-state index in [-0.39, 0.29) is 31.1 Å². The molecule has 0 rings (SSSR count). The second kappa shape index (κ2) is 55.4. The molecule has 1 atom stereocenters. The normalized spacial score (nSPS) is 12.6. The number of hydrogen-bond donors (Lipinski definition) is 0. The van der Waals surface area contributed by atoms with Crippen LogP contribution in [0.5, 0.6) is 0 Å². The molecular weight excluding hydrogens is 829 g/mol. The van der Waals surface area contributed by atoms with Gasteiger partial charge < -0.3 is 14.2 Å². The maximum Gasteiger partial charge on any atom is 0.306 e. The largest absolute Gasteiger partial charge is 0.462 e. The van der Waals surface area contributed by atoms with E-state index >= 15 is 0 Å². The summed E-state index contributed by atoms with van der Waals surface area (Å²) in [5, 5.41) is 0. The Balaban J connectivity index is 4.42. The van der Waals surface area contributed by atoms with Crippen LogP contribution in [0.25, 0.3) is 0 Å². The number of carbonyl (C=O) groups is 3. The van der Waals surface area contributed by atoms with Crippen molar-refractivity contribution in [2.24, 2.45) is 0 Å². The van der Waals surface area contributed by atoms with Crippen molar-refractivity contribution in [3.8, 4) is 0 Å². The van der Waals surface area contributed by atoms with Crippen LogP contribution >= 0.6 is 0 Å². The predicted molar refractivity (Wildman–Crippen MR) is 288 cm³/mol. The van der Waals surface area contributed by atoms with Gasteiger partial charge in [0.15, 0.2) is 6.10 Å². The summed E-state index contributed by atoms with van der Waals surface area (Å²) in [5.74, 6) is -0.907. The second-order valence-electron chi connectivity index (χ2n) is 18.9. The van der Waals surface area contributed by atoms with Gasteiger partial charge in [-0.2, -0.15) is 0 Å². The Labute approximate surface area is 414 Å². The summed E-state index contributed by atoms with van der Waals surface area (Å²) in [7, 11) is 0. The molecule has 0 bridgehead atoms. The highest BCUT2D eigenvalue weighted by atomic mass is 16.6. The van der Waals surface area contributed by atoms with Gasteiger partial charge in [-0.3, -0.25) is 14.4 Å². The maximum atomic E-state index is 12.9. The smallest absolute Gasteiger partial charge is 0.306 e. The third-order valence-electron chi connectivity index (χ3n) is 12.3. The number of rotatable bonds is 51. The van der Waals surface area contributed by atoms with Crippen molar-refractivity contribution in [2.45, 2.75) is 284 Å². The number of allylic oxidation sites excluding steroid dienone is 12. The zero-order chi connectivity index (χ0) is 48.6. The summed E-state index contributed by atoms with van der Waals surface area (Å²) in [6.07, 6.45) is 70.3. The molecule has 0 radical (unpaired) electrons. The van der Waals surface area contributed by atoms with Crippen LogP contribution in [0.3, 0.4) is 0 Å². The van der Waals surface area contributed by atoms with Gasteiger partial charge in [0.1, 0.15) is 13.2 Å². The minimum absolute atomic E-state index is 0.0867. The summed E-state index contributed by atoms with van der Waals surface area (Å²) >= 11 is 0. The highest BCUT2D eigenvalue weighted by molar-refractivity contribution is 5.71. The zero-order valence-corrected chi connectivity index (χ0v) is 44.2. The molecule has 6 heteroatoms. The molecule has 67 heavy (non-hydrogen) atoms. The monoisotopic (exact) mass is 935 g/mol. The summed E-state index contributed by atoms with van der Waals surface area (Å²) in [5.41, 5.74) is 0. The van der Waals surface area contributed by atoms with Gasteiger partial charge in [0.25, 0.3) is 0 Å². The molecule has 0 fully saturated rings. The van der Waals surface area contributed by atoms with E-state index in [2.05, 4.69) is 93.7 Å². The number of esters is 3. The third kappa shape index (κ3) is 53.7. The predicted octanol–water partition coefficient (Wildman–Crippen LogP) is 19.0. The van der Waals surface area contributed by atoms with Gasteiger partial charge in [0.2, 0.25) is 0 Å². The van der Waals surface area contributed by atoms with Crippen LogP contribution in [-0.4, -0.2) is 37.2 Å². The standard InChI is InChI=1S/C61H106O6/c1-4-7-10-13-16-19-22-25-28-30-31-34-36-39-42-45-48-51-54-60(63)66-57-58(56-65-59(62)53-50-47-44-41-38-35-32-27-24-21-18-15-12-9-6-3)67-61(64)55-52-49-46-43-40-37-33-29-26-23-20-17-14-11-8-5-2/h9,12,15,18,21-22,24-25,28,30-31,34,58H,4-8,10-11,13-14,16-17,19-20,23,26-27,29,32-33,35-57H2,1-3H3/b12-9-,18-15-,24-21-,25-22-,30-28-,34-31-. The molecule has 0 aliphatic heterocycles. The van der Waals surface area contributed by atoms with Gasteiger partial charge in [-0.15, -0.1) is 0 Å². The molecule has 0 aromatic carbocycles. The van der Waals surface area contributed by atoms with Gasteiger partial charge in [0.05, 0.1) is 0 Å². The van der Waals surface area contributed by atoms with E-state index in [0.29, 0.717) is 19.3 Å². The molecule has 0 N–H and O–H groups in total. The first-order valence-electron chi connectivity index (χ1n) is 28.5. The average molecular weight is 936 g/mol. The second-order valence-corrected chi connectivity index (χ2v) is 18.9. The van der Waals surface area contributed by atoms with Crippen molar-refractivity contribution in [3.05, 3.63) is 72.9 Å². The first kappa shape index (κ1) is 63.8. The molecule has 0 aliphatic carbocycles. The Hall–Kier alpha value is -3.15. The highest BCUT2D eigenvalue weighted by Crippen LogP contribution is 2.16. The van der Waals surface area contributed by atoms with Crippen LogP contribution in [0.2, 0.25) is 0 Å². The number of carbonyl (C=O) groups excluding carboxylic acids is 3. The summed E-state index contributed by atoms with van der Waals surface area (Å²) in [4.78, 5) is 38.1. The Morgan fingerprint density at radius 1 is 0.313 bits per heavy atom. The van der Waals surface area contributed by atoms with Crippen LogP contribution in [0.1, 0.15) is 278 Å². The first-order chi connectivity index (χ1) is 33.0. The molecule has 0 heterocycles. The van der Waals surface area contributed by atoms with E-state index < -0.39 is 6.10 Å². The fourth-order valence-corrected chi connectivity index (χ4v) is 8.03. The quantitative estimate of drug-likeness (QED) is 0.0262. The van der Waals surface area contributed by atoms with Crippen LogP contribution < -0.4 is 0 Å². The highest BCUT2D eigenvalue weighted by Gasteiger charge is 2.19. The number of unbranched alkanes of at least 4 members (excludes halogenated alkanes) is 32. The van der Waals surface area contributed by atoms with Crippen LogP contribution in [0, 0.1) is 0 Å². The lowest BCUT2D eigenvalue weighted by atomic mass is 10.0.